The van der Waals surface area contributed by atoms with Crippen LogP contribution in [0.4, 0.5) is 0 Å². The van der Waals surface area contributed by atoms with Crippen molar-refractivity contribution >= 4 is 34.0 Å². The zero-order chi connectivity index (χ0) is 36.9. The van der Waals surface area contributed by atoms with Gasteiger partial charge in [0.2, 0.25) is 15.9 Å². The fraction of sp³-hybridized carbons (Fsp3) is 0.722. The number of aliphatic hydroxyl groups excluding tert-OH is 3. The monoisotopic (exact) mass is 722 g/mol. The maximum Gasteiger partial charge on any atom is 0.258 e. The molecule has 0 bridgehead atoms. The number of hydrogen-bond acceptors (Lipinski definition) is 10. The summed E-state index contributed by atoms with van der Waals surface area (Å²) < 4.78 is 28.3. The number of nitrogens with one attached hydrogen (secondary N) is 2. The first kappa shape index (κ1) is 41.7. The summed E-state index contributed by atoms with van der Waals surface area (Å²) in [4.78, 5) is 53.8. The van der Waals surface area contributed by atoms with Crippen LogP contribution in [0.5, 0.6) is 0 Å². The molecule has 50 heavy (non-hydrogen) atoms. The Kier molecular flexibility index (Phi) is 16.5. The highest BCUT2D eigenvalue weighted by atomic mass is 32.2. The molecule has 0 saturated heterocycles. The number of hydrogen-bond donors (Lipinski definition) is 6. The topological polar surface area (TPSA) is 216 Å². The summed E-state index contributed by atoms with van der Waals surface area (Å²) in [6, 6.07) is 6.25. The fourth-order valence-electron chi connectivity index (χ4n) is 7.09. The van der Waals surface area contributed by atoms with Gasteiger partial charge >= 0.3 is 0 Å². The maximum atomic E-state index is 14.6. The van der Waals surface area contributed by atoms with E-state index in [9.17, 15) is 42.9 Å². The number of aldehydes is 1. The van der Waals surface area contributed by atoms with E-state index >= 15 is 0 Å². The van der Waals surface area contributed by atoms with Gasteiger partial charge < -0.3 is 31.2 Å². The Morgan fingerprint density at radius 2 is 1.56 bits per heavy atom. The van der Waals surface area contributed by atoms with E-state index < -0.39 is 75.4 Å². The van der Waals surface area contributed by atoms with Crippen molar-refractivity contribution in [1.29, 1.82) is 0 Å². The van der Waals surface area contributed by atoms with Crippen molar-refractivity contribution in [3.63, 3.8) is 0 Å². The van der Waals surface area contributed by atoms with Crippen molar-refractivity contribution in [3.8, 4) is 0 Å². The standard InChI is InChI=1S/C36H58N4O9S/c1-36(2,37)23-33(45)39-29(20-25-12-6-3-7-13-25)34(46)40(35(47)31(43)18-19-41)30(21-26-14-8-4-9-15-26)32(44)22-27(42)24-38-50(48,49)28-16-10-5-11-17-28/h3,6-7,12-13,19,26-32,38,42-44H,4-5,8-11,14-18,20-24,37H2,1-2H3,(H,39,45)/t27-,29+,30+,31?,32+/m1/s1. The minimum atomic E-state index is -3.71. The highest BCUT2D eigenvalue weighted by molar-refractivity contribution is 7.90. The van der Waals surface area contributed by atoms with E-state index in [0.717, 1.165) is 56.3 Å². The van der Waals surface area contributed by atoms with Crippen LogP contribution in [-0.2, 0) is 35.6 Å². The molecule has 2 saturated carbocycles. The molecule has 0 heterocycles. The summed E-state index contributed by atoms with van der Waals surface area (Å²) >= 11 is 0. The molecule has 13 nitrogen and oxygen atoms in total. The zero-order valence-corrected chi connectivity index (χ0v) is 30.4. The van der Waals surface area contributed by atoms with Crippen molar-refractivity contribution in [1.82, 2.24) is 14.9 Å². The van der Waals surface area contributed by atoms with E-state index in [4.69, 9.17) is 5.73 Å². The van der Waals surface area contributed by atoms with Gasteiger partial charge in [0.15, 0.2) is 0 Å². The molecule has 0 aliphatic heterocycles. The molecule has 0 radical (unpaired) electrons. The van der Waals surface area contributed by atoms with Crippen LogP contribution in [0, 0.1) is 5.92 Å². The Morgan fingerprint density at radius 1 is 0.960 bits per heavy atom. The van der Waals surface area contributed by atoms with Gasteiger partial charge in [0, 0.05) is 37.8 Å². The number of sulfonamides is 1. The smallest absolute Gasteiger partial charge is 0.258 e. The molecule has 0 spiro atoms. The Labute approximate surface area is 296 Å². The van der Waals surface area contributed by atoms with Crippen LogP contribution in [0.1, 0.15) is 109 Å². The number of carbonyl (C=O) groups excluding carboxylic acids is 4. The van der Waals surface area contributed by atoms with Gasteiger partial charge in [0.25, 0.3) is 11.8 Å². The summed E-state index contributed by atoms with van der Waals surface area (Å²) in [6.45, 7) is 2.94. The zero-order valence-electron chi connectivity index (χ0n) is 29.5. The molecular formula is C36H58N4O9S. The fourth-order valence-corrected chi connectivity index (χ4v) is 8.70. The van der Waals surface area contributed by atoms with Crippen LogP contribution in [0.15, 0.2) is 30.3 Å². The largest absolute Gasteiger partial charge is 0.392 e. The number of rotatable bonds is 19. The molecule has 1 aromatic carbocycles. The lowest BCUT2D eigenvalue weighted by molar-refractivity contribution is -0.160. The lowest BCUT2D eigenvalue weighted by Crippen LogP contribution is -2.60. The summed E-state index contributed by atoms with van der Waals surface area (Å²) in [6.07, 6.45) is 2.59. The van der Waals surface area contributed by atoms with Crippen molar-refractivity contribution in [2.45, 2.75) is 151 Å². The predicted molar refractivity (Wildman–Crippen MR) is 189 cm³/mol. The number of imide groups is 1. The number of benzene rings is 1. The molecule has 282 valence electrons. The van der Waals surface area contributed by atoms with Crippen molar-refractivity contribution in [3.05, 3.63) is 35.9 Å². The van der Waals surface area contributed by atoms with Crippen LogP contribution in [0.2, 0.25) is 0 Å². The number of carbonyl (C=O) groups is 4. The SMILES string of the molecule is CC(C)(N)CC(=O)N[C@@H](Cc1ccccc1)C(=O)N(C(=O)C(O)CC=O)[C@@H](CC1CCCCC1)[C@@H](O)C[C@@H](O)CNS(=O)(=O)C1CCCCC1. The highest BCUT2D eigenvalue weighted by Crippen LogP contribution is 2.31. The van der Waals surface area contributed by atoms with Gasteiger partial charge in [0.05, 0.1) is 23.5 Å². The van der Waals surface area contributed by atoms with Gasteiger partial charge in [-0.1, -0.05) is 81.7 Å². The van der Waals surface area contributed by atoms with Crippen molar-refractivity contribution in [2.75, 3.05) is 6.54 Å². The lowest BCUT2D eigenvalue weighted by Gasteiger charge is -2.39. The molecular weight excluding hydrogens is 664 g/mol. The minimum absolute atomic E-state index is 0.00290. The average Bonchev–Trinajstić information content (AvgIpc) is 3.07. The van der Waals surface area contributed by atoms with E-state index in [0.29, 0.717) is 24.7 Å². The number of aliphatic hydroxyl groups is 3. The second-order valence-electron chi connectivity index (χ2n) is 14.9. The molecule has 0 aromatic heterocycles. The Balaban J connectivity index is 1.96. The van der Waals surface area contributed by atoms with Gasteiger partial charge in [-0.05, 0) is 44.6 Å². The average molecular weight is 723 g/mol. The van der Waals surface area contributed by atoms with Gasteiger partial charge in [-0.25, -0.2) is 13.1 Å². The first-order valence-electron chi connectivity index (χ1n) is 18.1. The van der Waals surface area contributed by atoms with Gasteiger partial charge in [-0.2, -0.15) is 0 Å². The minimum Gasteiger partial charge on any atom is -0.392 e. The van der Waals surface area contributed by atoms with E-state index in [1.54, 1.807) is 44.2 Å². The first-order chi connectivity index (χ1) is 23.6. The van der Waals surface area contributed by atoms with Crippen LogP contribution in [-0.4, -0.2) is 100 Å². The van der Waals surface area contributed by atoms with Crippen molar-refractivity contribution < 1.29 is 42.9 Å². The summed E-state index contributed by atoms with van der Waals surface area (Å²) in [7, 11) is -3.71. The molecule has 2 aliphatic carbocycles. The van der Waals surface area contributed by atoms with Crippen molar-refractivity contribution in [2.24, 2.45) is 11.7 Å². The highest BCUT2D eigenvalue weighted by Gasteiger charge is 2.42. The quantitative estimate of drug-likeness (QED) is 0.114. The third-order valence-electron chi connectivity index (χ3n) is 9.71. The molecule has 3 amide bonds. The predicted octanol–water partition coefficient (Wildman–Crippen LogP) is 1.85. The second kappa shape index (κ2) is 19.7. The molecule has 3 rings (SSSR count). The molecule has 2 fully saturated rings. The van der Waals surface area contributed by atoms with Crippen LogP contribution >= 0.6 is 0 Å². The Morgan fingerprint density at radius 3 is 2.14 bits per heavy atom. The molecule has 5 atom stereocenters. The Bertz CT molecular complexity index is 1340. The van der Waals surface area contributed by atoms with Crippen LogP contribution in [0.3, 0.4) is 0 Å². The number of nitrogens with two attached hydrogens (primary N) is 1. The van der Waals surface area contributed by atoms with E-state index in [1.807, 2.05) is 0 Å². The van der Waals surface area contributed by atoms with Crippen LogP contribution in [0.25, 0.3) is 0 Å². The number of amides is 3. The molecule has 1 aromatic rings. The van der Waals surface area contributed by atoms with E-state index in [1.165, 1.54) is 0 Å². The molecule has 14 heteroatoms. The number of nitrogens with zero attached hydrogens (tertiary/aromatic N) is 1. The van der Waals surface area contributed by atoms with Gasteiger partial charge in [-0.3, -0.25) is 19.3 Å². The summed E-state index contributed by atoms with van der Waals surface area (Å²) in [5.74, 6) is -2.55. The first-order valence-corrected chi connectivity index (χ1v) is 19.6. The normalized spacial score (nSPS) is 19.5. The molecule has 2 aliphatic rings. The Hall–Kier alpha value is -2.75. The van der Waals surface area contributed by atoms with Gasteiger partial charge in [0.1, 0.15) is 18.4 Å². The summed E-state index contributed by atoms with van der Waals surface area (Å²) in [5.41, 5.74) is 5.84. The molecule has 1 unspecified atom stereocenters. The van der Waals surface area contributed by atoms with E-state index in [-0.39, 0.29) is 38.1 Å². The third-order valence-corrected chi connectivity index (χ3v) is 11.6. The third kappa shape index (κ3) is 13.4. The van der Waals surface area contributed by atoms with E-state index in [2.05, 4.69) is 10.0 Å². The van der Waals surface area contributed by atoms with Gasteiger partial charge in [-0.15, -0.1) is 0 Å². The van der Waals surface area contributed by atoms with Crippen LogP contribution < -0.4 is 15.8 Å². The second-order valence-corrected chi connectivity index (χ2v) is 16.9. The lowest BCUT2D eigenvalue weighted by atomic mass is 9.82. The maximum absolute atomic E-state index is 14.6. The molecule has 7 N–H and O–H groups in total. The summed E-state index contributed by atoms with van der Waals surface area (Å²) in [5, 5.41) is 35.6.